The van der Waals surface area contributed by atoms with E-state index in [1.54, 1.807) is 12.1 Å². The van der Waals surface area contributed by atoms with Gasteiger partial charge >= 0.3 is 0 Å². The van der Waals surface area contributed by atoms with Crippen LogP contribution in [0.1, 0.15) is 0 Å². The Morgan fingerprint density at radius 1 is 1.26 bits per heavy atom. The normalized spacial score (nSPS) is 17.2. The Labute approximate surface area is 140 Å². The van der Waals surface area contributed by atoms with Crippen LogP contribution in [0.5, 0.6) is 0 Å². The maximum Gasteiger partial charge on any atom is 0.270 e. The van der Waals surface area contributed by atoms with Crippen LogP contribution < -0.4 is 0 Å². The van der Waals surface area contributed by atoms with E-state index in [2.05, 4.69) is 4.90 Å². The molecule has 0 spiro atoms. The highest BCUT2D eigenvalue weighted by molar-refractivity contribution is 7.89. The second-order valence-corrected chi connectivity index (χ2v) is 8.09. The van der Waals surface area contributed by atoms with Crippen LogP contribution in [0.25, 0.3) is 11.1 Å². The lowest BCUT2D eigenvalue weighted by molar-refractivity contribution is 0.0234. The predicted molar refractivity (Wildman–Crippen MR) is 88.3 cm³/mol. The minimum Gasteiger partial charge on any atom is -0.429 e. The zero-order valence-electron chi connectivity index (χ0n) is 13.1. The van der Waals surface area contributed by atoms with Crippen molar-refractivity contribution in [3.05, 3.63) is 23.0 Å². The quantitative estimate of drug-likeness (QED) is 0.773. The van der Waals surface area contributed by atoms with Gasteiger partial charge in [0.1, 0.15) is 0 Å². The molecule has 0 radical (unpaired) electrons. The Morgan fingerprint density at radius 2 is 1.96 bits per heavy atom. The van der Waals surface area contributed by atoms with E-state index in [1.807, 2.05) is 4.57 Å². The summed E-state index contributed by atoms with van der Waals surface area (Å²) in [4.78, 5) is 2.76. The van der Waals surface area contributed by atoms with Crippen molar-refractivity contribution in [1.29, 1.82) is 0 Å². The third-order valence-electron chi connectivity index (χ3n) is 3.86. The van der Waals surface area contributed by atoms with Gasteiger partial charge in [-0.05, 0) is 30.4 Å². The molecule has 1 saturated heterocycles. The summed E-state index contributed by atoms with van der Waals surface area (Å²) in [6, 6.07) is 4.80. The van der Waals surface area contributed by atoms with Crippen molar-refractivity contribution >= 4 is 33.3 Å². The molecule has 1 aliphatic rings. The van der Waals surface area contributed by atoms with Crippen LogP contribution in [-0.4, -0.2) is 62.6 Å². The minimum atomic E-state index is -3.50. The molecule has 0 N–H and O–H groups in total. The highest BCUT2D eigenvalue weighted by Crippen LogP contribution is 2.23. The van der Waals surface area contributed by atoms with Gasteiger partial charge < -0.3 is 9.15 Å². The number of fused-ring (bicyclic) bond motifs is 1. The molecule has 2 heterocycles. The second kappa shape index (κ2) is 6.33. The van der Waals surface area contributed by atoms with Gasteiger partial charge in [-0.1, -0.05) is 0 Å². The SMILES string of the molecule is CN(C)S(=O)(=O)c1ccc2oc(=S)n(CN3CCOCC3)c2c1. The van der Waals surface area contributed by atoms with E-state index >= 15 is 0 Å². The van der Waals surface area contributed by atoms with Crippen LogP contribution in [0.4, 0.5) is 0 Å². The number of rotatable bonds is 4. The largest absolute Gasteiger partial charge is 0.429 e. The fourth-order valence-corrected chi connectivity index (χ4v) is 3.66. The first kappa shape index (κ1) is 16.6. The van der Waals surface area contributed by atoms with Gasteiger partial charge in [0, 0.05) is 27.2 Å². The van der Waals surface area contributed by atoms with Crippen LogP contribution in [-0.2, 0) is 21.4 Å². The fraction of sp³-hybridized carbons (Fsp3) is 0.500. The number of nitrogens with zero attached hydrogens (tertiary/aromatic N) is 3. The third-order valence-corrected chi connectivity index (χ3v) is 5.98. The molecule has 9 heteroatoms. The van der Waals surface area contributed by atoms with Gasteiger partial charge in [-0.3, -0.25) is 9.47 Å². The fourth-order valence-electron chi connectivity index (χ4n) is 2.49. The van der Waals surface area contributed by atoms with Crippen molar-refractivity contribution in [2.75, 3.05) is 40.4 Å². The average Bonchev–Trinajstić information content (AvgIpc) is 2.83. The molecule has 1 aliphatic heterocycles. The van der Waals surface area contributed by atoms with Crippen molar-refractivity contribution in [3.63, 3.8) is 0 Å². The summed E-state index contributed by atoms with van der Waals surface area (Å²) in [5.41, 5.74) is 1.27. The van der Waals surface area contributed by atoms with E-state index in [0.29, 0.717) is 35.8 Å². The highest BCUT2D eigenvalue weighted by Gasteiger charge is 2.20. The number of hydrogen-bond donors (Lipinski definition) is 0. The van der Waals surface area contributed by atoms with Crippen molar-refractivity contribution in [2.45, 2.75) is 11.6 Å². The first-order valence-electron chi connectivity index (χ1n) is 7.25. The summed E-state index contributed by atoms with van der Waals surface area (Å²) >= 11 is 5.29. The monoisotopic (exact) mass is 357 g/mol. The lowest BCUT2D eigenvalue weighted by atomic mass is 10.3. The van der Waals surface area contributed by atoms with Crippen molar-refractivity contribution in [3.8, 4) is 0 Å². The number of hydrogen-bond acceptors (Lipinski definition) is 6. The molecule has 7 nitrogen and oxygen atoms in total. The van der Waals surface area contributed by atoms with Crippen LogP contribution in [0.3, 0.4) is 0 Å². The van der Waals surface area contributed by atoms with E-state index in [1.165, 1.54) is 24.5 Å². The second-order valence-electron chi connectivity index (χ2n) is 5.58. The topological polar surface area (TPSA) is 67.9 Å². The summed E-state index contributed by atoms with van der Waals surface area (Å²) in [6.07, 6.45) is 0. The van der Waals surface area contributed by atoms with Crippen molar-refractivity contribution in [1.82, 2.24) is 13.8 Å². The van der Waals surface area contributed by atoms with Gasteiger partial charge in [-0.25, -0.2) is 12.7 Å². The average molecular weight is 357 g/mol. The summed E-state index contributed by atoms with van der Waals surface area (Å²) in [5.74, 6) is 0. The van der Waals surface area contributed by atoms with E-state index < -0.39 is 10.0 Å². The van der Waals surface area contributed by atoms with E-state index in [9.17, 15) is 8.42 Å². The Kier molecular flexibility index (Phi) is 4.56. The molecule has 1 fully saturated rings. The predicted octanol–water partition coefficient (Wildman–Crippen LogP) is 1.50. The van der Waals surface area contributed by atoms with Crippen LogP contribution >= 0.6 is 12.2 Å². The number of ether oxygens (including phenoxy) is 1. The maximum absolute atomic E-state index is 12.3. The van der Waals surface area contributed by atoms with Gasteiger partial charge in [0.2, 0.25) is 10.0 Å². The Hall–Kier alpha value is -1.26. The Bertz CT molecular complexity index is 864. The zero-order chi connectivity index (χ0) is 16.6. The molecule has 126 valence electrons. The lowest BCUT2D eigenvalue weighted by Gasteiger charge is -2.26. The van der Waals surface area contributed by atoms with Gasteiger partial charge in [-0.2, -0.15) is 0 Å². The molecule has 0 bridgehead atoms. The number of benzene rings is 1. The summed E-state index contributed by atoms with van der Waals surface area (Å²) in [6.45, 7) is 3.54. The highest BCUT2D eigenvalue weighted by atomic mass is 32.2. The number of oxazole rings is 1. The molecule has 1 aromatic carbocycles. The van der Waals surface area contributed by atoms with Gasteiger partial charge in [0.05, 0.1) is 30.3 Å². The van der Waals surface area contributed by atoms with E-state index in [0.717, 1.165) is 13.1 Å². The lowest BCUT2D eigenvalue weighted by Crippen LogP contribution is -2.37. The molecule has 0 saturated carbocycles. The van der Waals surface area contributed by atoms with Gasteiger partial charge in [0.25, 0.3) is 4.84 Å². The third kappa shape index (κ3) is 3.20. The number of aromatic nitrogens is 1. The standard InChI is InChI=1S/C14H19N3O4S2/c1-15(2)23(18,19)11-3-4-13-12(9-11)17(14(22)21-13)10-16-5-7-20-8-6-16/h3-4,9H,5-8,10H2,1-2H3. The molecule has 0 aliphatic carbocycles. The van der Waals surface area contributed by atoms with Crippen molar-refractivity contribution in [2.24, 2.45) is 0 Å². The zero-order valence-corrected chi connectivity index (χ0v) is 14.7. The molecular formula is C14H19N3O4S2. The Balaban J connectivity index is 2.04. The molecule has 1 aromatic heterocycles. The molecule has 23 heavy (non-hydrogen) atoms. The van der Waals surface area contributed by atoms with Crippen LogP contribution in [0.2, 0.25) is 0 Å². The molecule has 0 amide bonds. The summed E-state index contributed by atoms with van der Waals surface area (Å²) < 4.78 is 38.6. The Morgan fingerprint density at radius 3 is 2.61 bits per heavy atom. The molecule has 2 aromatic rings. The first-order valence-corrected chi connectivity index (χ1v) is 9.10. The smallest absolute Gasteiger partial charge is 0.270 e. The van der Waals surface area contributed by atoms with Crippen molar-refractivity contribution < 1.29 is 17.6 Å². The van der Waals surface area contributed by atoms with Crippen LogP contribution in [0.15, 0.2) is 27.5 Å². The molecule has 0 unspecified atom stereocenters. The molecule has 0 atom stereocenters. The number of sulfonamides is 1. The van der Waals surface area contributed by atoms with Crippen LogP contribution in [0, 0.1) is 4.84 Å². The van der Waals surface area contributed by atoms with E-state index in [4.69, 9.17) is 21.4 Å². The summed E-state index contributed by atoms with van der Waals surface area (Å²) in [7, 11) is -0.480. The molecule has 3 rings (SSSR count). The summed E-state index contributed by atoms with van der Waals surface area (Å²) in [5, 5.41) is 0. The molecular weight excluding hydrogens is 338 g/mol. The van der Waals surface area contributed by atoms with Gasteiger partial charge in [0.15, 0.2) is 5.58 Å². The number of morpholine rings is 1. The first-order chi connectivity index (χ1) is 10.9. The maximum atomic E-state index is 12.3. The van der Waals surface area contributed by atoms with E-state index in [-0.39, 0.29) is 4.90 Å². The van der Waals surface area contributed by atoms with Gasteiger partial charge in [-0.15, -0.1) is 0 Å². The minimum absolute atomic E-state index is 0.224.